The molecular weight excluding hydrogens is 367 g/mol. The molecule has 0 spiro atoms. The van der Waals surface area contributed by atoms with Gasteiger partial charge in [0.1, 0.15) is 11.9 Å². The number of rotatable bonds is 4. The molecule has 0 saturated carbocycles. The number of ether oxygens (including phenoxy) is 1. The highest BCUT2D eigenvalue weighted by atomic mass is 35.5. The van der Waals surface area contributed by atoms with Crippen LogP contribution in [0.2, 0.25) is 10.0 Å². The molecule has 1 aliphatic heterocycles. The maximum Gasteiger partial charge on any atom is 0.162 e. The Morgan fingerprint density at radius 2 is 1.74 bits per heavy atom. The monoisotopic (exact) mass is 379 g/mol. The summed E-state index contributed by atoms with van der Waals surface area (Å²) >= 11 is 12.0. The first-order valence-corrected chi connectivity index (χ1v) is 7.57. The van der Waals surface area contributed by atoms with E-state index in [1.165, 1.54) is 6.07 Å². The maximum atomic E-state index is 13.3. The van der Waals surface area contributed by atoms with Crippen molar-refractivity contribution in [2.75, 3.05) is 13.1 Å². The van der Waals surface area contributed by atoms with Crippen molar-refractivity contribution in [2.45, 2.75) is 6.10 Å². The highest BCUT2D eigenvalue weighted by Crippen LogP contribution is 2.34. The van der Waals surface area contributed by atoms with Gasteiger partial charge in [-0.05, 0) is 29.8 Å². The van der Waals surface area contributed by atoms with E-state index in [1.54, 1.807) is 12.1 Å². The van der Waals surface area contributed by atoms with Crippen molar-refractivity contribution < 1.29 is 13.5 Å². The molecule has 3 rings (SSSR count). The summed E-state index contributed by atoms with van der Waals surface area (Å²) in [4.78, 5) is 0. The zero-order chi connectivity index (χ0) is 15.7. The Balaban J connectivity index is 0.00000192. The molecule has 0 bridgehead atoms. The predicted octanol–water partition coefficient (Wildman–Crippen LogP) is 5.03. The Morgan fingerprint density at radius 1 is 1.00 bits per heavy atom. The average Bonchev–Trinajstić information content (AvgIpc) is 2.43. The maximum absolute atomic E-state index is 13.3. The summed E-state index contributed by atoms with van der Waals surface area (Å²) in [6.07, 6.45) is -0.305. The van der Waals surface area contributed by atoms with E-state index in [0.29, 0.717) is 10.0 Å². The van der Waals surface area contributed by atoms with Crippen molar-refractivity contribution in [3.8, 4) is 5.75 Å². The first kappa shape index (κ1) is 18.3. The summed E-state index contributed by atoms with van der Waals surface area (Å²) in [6, 6.07) is 8.79. The Morgan fingerprint density at radius 3 is 2.30 bits per heavy atom. The van der Waals surface area contributed by atoms with Crippen LogP contribution in [0.5, 0.6) is 5.75 Å². The van der Waals surface area contributed by atoms with Crippen LogP contribution in [-0.2, 0) is 0 Å². The molecule has 1 heterocycles. The minimum absolute atomic E-state index is 0. The molecule has 1 aliphatic rings. The SMILES string of the molecule is Cl.Fc1ccc(O[C@H](c2ccc(Cl)c(Cl)c2)C2CNC2)cc1F. The van der Waals surface area contributed by atoms with Gasteiger partial charge in [-0.2, -0.15) is 0 Å². The van der Waals surface area contributed by atoms with Crippen molar-refractivity contribution in [1.82, 2.24) is 5.32 Å². The Kier molecular flexibility index (Phi) is 6.09. The van der Waals surface area contributed by atoms with E-state index in [1.807, 2.05) is 6.07 Å². The molecule has 1 N–H and O–H groups in total. The zero-order valence-electron chi connectivity index (χ0n) is 11.9. The highest BCUT2D eigenvalue weighted by molar-refractivity contribution is 6.42. The molecule has 0 aromatic heterocycles. The molecule has 1 atom stereocenters. The molecule has 124 valence electrons. The Bertz CT molecular complexity index is 695. The normalized spacial score (nSPS) is 15.5. The number of hydrogen-bond donors (Lipinski definition) is 1. The molecule has 0 aliphatic carbocycles. The van der Waals surface area contributed by atoms with Gasteiger partial charge in [0.2, 0.25) is 0 Å². The number of nitrogens with one attached hydrogen (secondary N) is 1. The number of halogens is 5. The Labute approximate surface area is 149 Å². The second kappa shape index (κ2) is 7.67. The summed E-state index contributed by atoms with van der Waals surface area (Å²) in [5.41, 5.74) is 0.852. The lowest BCUT2D eigenvalue weighted by atomic mass is 9.91. The molecule has 1 fully saturated rings. The smallest absolute Gasteiger partial charge is 0.162 e. The molecular formula is C16H14Cl3F2NO. The van der Waals surface area contributed by atoms with Crippen molar-refractivity contribution in [2.24, 2.45) is 5.92 Å². The van der Waals surface area contributed by atoms with E-state index in [9.17, 15) is 8.78 Å². The summed E-state index contributed by atoms with van der Waals surface area (Å²) < 4.78 is 32.2. The van der Waals surface area contributed by atoms with E-state index in [0.717, 1.165) is 30.8 Å². The van der Waals surface area contributed by atoms with Gasteiger partial charge in [-0.1, -0.05) is 29.3 Å². The molecule has 0 unspecified atom stereocenters. The van der Waals surface area contributed by atoms with Gasteiger partial charge in [0.25, 0.3) is 0 Å². The van der Waals surface area contributed by atoms with Crippen LogP contribution in [0.1, 0.15) is 11.7 Å². The van der Waals surface area contributed by atoms with Crippen molar-refractivity contribution in [1.29, 1.82) is 0 Å². The van der Waals surface area contributed by atoms with Crippen molar-refractivity contribution >= 4 is 35.6 Å². The number of hydrogen-bond acceptors (Lipinski definition) is 2. The molecule has 2 aromatic rings. The van der Waals surface area contributed by atoms with Crippen LogP contribution in [0.25, 0.3) is 0 Å². The summed E-state index contributed by atoms with van der Waals surface area (Å²) in [5.74, 6) is -1.33. The molecule has 2 aromatic carbocycles. The van der Waals surface area contributed by atoms with Gasteiger partial charge in [-0.15, -0.1) is 12.4 Å². The lowest BCUT2D eigenvalue weighted by Gasteiger charge is -2.35. The topological polar surface area (TPSA) is 21.3 Å². The average molecular weight is 381 g/mol. The van der Waals surface area contributed by atoms with Crippen LogP contribution in [0, 0.1) is 17.6 Å². The molecule has 0 amide bonds. The third-order valence-corrected chi connectivity index (χ3v) is 4.41. The predicted molar refractivity (Wildman–Crippen MR) is 89.8 cm³/mol. The van der Waals surface area contributed by atoms with Crippen LogP contribution in [0.4, 0.5) is 8.78 Å². The van der Waals surface area contributed by atoms with Gasteiger partial charge in [0.15, 0.2) is 11.6 Å². The third-order valence-electron chi connectivity index (χ3n) is 3.67. The summed E-state index contributed by atoms with van der Waals surface area (Å²) in [7, 11) is 0. The Hall–Kier alpha value is -1.07. The van der Waals surface area contributed by atoms with E-state index in [-0.39, 0.29) is 30.2 Å². The van der Waals surface area contributed by atoms with E-state index < -0.39 is 11.6 Å². The minimum atomic E-state index is -0.933. The van der Waals surface area contributed by atoms with Gasteiger partial charge >= 0.3 is 0 Å². The van der Waals surface area contributed by atoms with Crippen LogP contribution in [0.15, 0.2) is 36.4 Å². The second-order valence-electron chi connectivity index (χ2n) is 5.21. The minimum Gasteiger partial charge on any atom is -0.485 e. The highest BCUT2D eigenvalue weighted by Gasteiger charge is 2.30. The van der Waals surface area contributed by atoms with Crippen molar-refractivity contribution in [3.63, 3.8) is 0 Å². The van der Waals surface area contributed by atoms with Crippen LogP contribution >= 0.6 is 35.6 Å². The largest absolute Gasteiger partial charge is 0.485 e. The van der Waals surface area contributed by atoms with E-state index >= 15 is 0 Å². The fourth-order valence-corrected chi connectivity index (χ4v) is 2.65. The van der Waals surface area contributed by atoms with Crippen LogP contribution in [0.3, 0.4) is 0 Å². The lowest BCUT2D eigenvalue weighted by Crippen LogP contribution is -2.46. The van der Waals surface area contributed by atoms with E-state index in [4.69, 9.17) is 27.9 Å². The fraction of sp³-hybridized carbons (Fsp3) is 0.250. The summed E-state index contributed by atoms with van der Waals surface area (Å²) in [6.45, 7) is 1.57. The fourth-order valence-electron chi connectivity index (χ4n) is 2.35. The van der Waals surface area contributed by atoms with E-state index in [2.05, 4.69) is 5.32 Å². The van der Waals surface area contributed by atoms with Crippen LogP contribution in [-0.4, -0.2) is 13.1 Å². The van der Waals surface area contributed by atoms with Gasteiger partial charge in [-0.25, -0.2) is 8.78 Å². The molecule has 1 saturated heterocycles. The molecule has 0 radical (unpaired) electrons. The number of benzene rings is 2. The zero-order valence-corrected chi connectivity index (χ0v) is 14.2. The molecule has 23 heavy (non-hydrogen) atoms. The first-order valence-electron chi connectivity index (χ1n) is 6.82. The molecule has 7 heteroatoms. The lowest BCUT2D eigenvalue weighted by molar-refractivity contribution is 0.0988. The summed E-state index contributed by atoms with van der Waals surface area (Å²) in [5, 5.41) is 4.07. The van der Waals surface area contributed by atoms with Gasteiger partial charge in [0.05, 0.1) is 10.0 Å². The third kappa shape index (κ3) is 4.07. The van der Waals surface area contributed by atoms with Gasteiger partial charge < -0.3 is 10.1 Å². The second-order valence-corrected chi connectivity index (χ2v) is 6.02. The van der Waals surface area contributed by atoms with Gasteiger partial charge in [-0.3, -0.25) is 0 Å². The van der Waals surface area contributed by atoms with Gasteiger partial charge in [0, 0.05) is 25.1 Å². The van der Waals surface area contributed by atoms with Crippen molar-refractivity contribution in [3.05, 3.63) is 63.6 Å². The quantitative estimate of drug-likeness (QED) is 0.803. The standard InChI is InChI=1S/C16H13Cl2F2NO.ClH/c17-12-3-1-9(5-13(12)18)16(10-7-21-8-10)22-11-2-4-14(19)15(20)6-11;/h1-6,10,16,21H,7-8H2;1H/t16-;/m1./s1. The van der Waals surface area contributed by atoms with Crippen LogP contribution < -0.4 is 10.1 Å². The first-order chi connectivity index (χ1) is 10.5. The molecule has 2 nitrogen and oxygen atoms in total.